The van der Waals surface area contributed by atoms with E-state index in [9.17, 15) is 9.18 Å². The summed E-state index contributed by atoms with van der Waals surface area (Å²) < 4.78 is 19.6. The summed E-state index contributed by atoms with van der Waals surface area (Å²) in [7, 11) is 0. The molecule has 2 aromatic carbocycles. The van der Waals surface area contributed by atoms with Crippen LogP contribution in [0.3, 0.4) is 0 Å². The van der Waals surface area contributed by atoms with Crippen LogP contribution in [0.1, 0.15) is 34.9 Å². The summed E-state index contributed by atoms with van der Waals surface area (Å²) in [6.45, 7) is 6.20. The molecule has 0 N–H and O–H groups in total. The molecule has 4 rings (SSSR count). The van der Waals surface area contributed by atoms with Crippen molar-refractivity contribution >= 4 is 11.6 Å². The minimum Gasteiger partial charge on any atom is -0.339 e. The van der Waals surface area contributed by atoms with Gasteiger partial charge in [0, 0.05) is 18.5 Å². The lowest BCUT2D eigenvalue weighted by atomic mass is 10.1. The van der Waals surface area contributed by atoms with Crippen LogP contribution in [-0.2, 0) is 4.79 Å². The van der Waals surface area contributed by atoms with Gasteiger partial charge in [-0.15, -0.1) is 0 Å². The highest BCUT2D eigenvalue weighted by atomic mass is 19.1. The van der Waals surface area contributed by atoms with Crippen molar-refractivity contribution in [3.8, 4) is 11.4 Å². The molecular weight excluding hydrogens is 345 g/mol. The molecular formula is C21H20FN3O2. The van der Waals surface area contributed by atoms with E-state index in [1.807, 2.05) is 39.0 Å². The van der Waals surface area contributed by atoms with Gasteiger partial charge in [-0.2, -0.15) is 4.98 Å². The molecule has 1 saturated heterocycles. The van der Waals surface area contributed by atoms with Crippen LogP contribution in [0.2, 0.25) is 0 Å². The zero-order valence-electron chi connectivity index (χ0n) is 15.5. The van der Waals surface area contributed by atoms with Crippen molar-refractivity contribution in [3.63, 3.8) is 0 Å². The molecule has 0 radical (unpaired) electrons. The highest BCUT2D eigenvalue weighted by molar-refractivity contribution is 5.96. The molecule has 5 nitrogen and oxygen atoms in total. The zero-order chi connectivity index (χ0) is 19.1. The second kappa shape index (κ2) is 6.61. The maximum absolute atomic E-state index is 14.2. The average Bonchev–Trinajstić information content (AvgIpc) is 3.26. The first-order valence-corrected chi connectivity index (χ1v) is 8.90. The summed E-state index contributed by atoms with van der Waals surface area (Å²) in [5, 5.41) is 4.10. The van der Waals surface area contributed by atoms with Crippen molar-refractivity contribution in [3.05, 3.63) is 64.8 Å². The summed E-state index contributed by atoms with van der Waals surface area (Å²) in [6.07, 6.45) is 0.224. The smallest absolute Gasteiger partial charge is 0.232 e. The second-order valence-corrected chi connectivity index (χ2v) is 7.13. The molecule has 1 amide bonds. The molecule has 2 heterocycles. The van der Waals surface area contributed by atoms with E-state index in [0.717, 1.165) is 22.3 Å². The number of benzene rings is 2. The van der Waals surface area contributed by atoms with Crippen LogP contribution in [0.25, 0.3) is 11.4 Å². The van der Waals surface area contributed by atoms with Crippen LogP contribution in [0, 0.1) is 26.6 Å². The number of carbonyl (C=O) groups is 1. The Kier molecular flexibility index (Phi) is 4.26. The van der Waals surface area contributed by atoms with Gasteiger partial charge < -0.3 is 9.42 Å². The van der Waals surface area contributed by atoms with Gasteiger partial charge in [-0.25, -0.2) is 4.39 Å². The number of aromatic nitrogens is 2. The molecule has 6 heteroatoms. The number of rotatable bonds is 3. The molecule has 0 saturated carbocycles. The van der Waals surface area contributed by atoms with E-state index in [4.69, 9.17) is 4.52 Å². The fourth-order valence-corrected chi connectivity index (χ4v) is 3.42. The van der Waals surface area contributed by atoms with Gasteiger partial charge in [0.05, 0.1) is 11.6 Å². The Hall–Kier alpha value is -3.02. The summed E-state index contributed by atoms with van der Waals surface area (Å²) in [6, 6.07) is 10.8. The number of hydrogen-bond acceptors (Lipinski definition) is 4. The highest BCUT2D eigenvalue weighted by Crippen LogP contribution is 2.34. The lowest BCUT2D eigenvalue weighted by Gasteiger charge is -2.17. The third-order valence-corrected chi connectivity index (χ3v) is 4.94. The van der Waals surface area contributed by atoms with Crippen molar-refractivity contribution in [2.45, 2.75) is 33.1 Å². The van der Waals surface area contributed by atoms with Crippen molar-refractivity contribution in [2.24, 2.45) is 0 Å². The van der Waals surface area contributed by atoms with E-state index in [0.29, 0.717) is 23.9 Å². The molecule has 0 spiro atoms. The SMILES string of the molecule is Cc1ccc(C)c(-c2noc(C3CC(=O)N(c4cc(C)ccc4F)C3)n2)c1. The molecule has 1 atom stereocenters. The molecule has 1 aromatic heterocycles. The molecule has 1 unspecified atom stereocenters. The third-order valence-electron chi connectivity index (χ3n) is 4.94. The Bertz CT molecular complexity index is 1030. The monoisotopic (exact) mass is 365 g/mol. The lowest BCUT2D eigenvalue weighted by Crippen LogP contribution is -2.25. The first kappa shape index (κ1) is 17.4. The van der Waals surface area contributed by atoms with Crippen LogP contribution in [0.5, 0.6) is 0 Å². The third kappa shape index (κ3) is 3.23. The number of halogens is 1. The van der Waals surface area contributed by atoms with Crippen LogP contribution < -0.4 is 4.90 Å². The van der Waals surface area contributed by atoms with E-state index in [1.54, 1.807) is 12.1 Å². The van der Waals surface area contributed by atoms with Gasteiger partial charge >= 0.3 is 0 Å². The normalized spacial score (nSPS) is 17.0. The van der Waals surface area contributed by atoms with Crippen molar-refractivity contribution in [1.29, 1.82) is 0 Å². The fourth-order valence-electron chi connectivity index (χ4n) is 3.42. The zero-order valence-corrected chi connectivity index (χ0v) is 15.5. The first-order chi connectivity index (χ1) is 12.9. The molecule has 27 heavy (non-hydrogen) atoms. The molecule has 0 aliphatic carbocycles. The molecule has 1 fully saturated rings. The first-order valence-electron chi connectivity index (χ1n) is 8.90. The quantitative estimate of drug-likeness (QED) is 0.693. The molecule has 1 aliphatic heterocycles. The van der Waals surface area contributed by atoms with Gasteiger partial charge in [0.2, 0.25) is 17.6 Å². The largest absolute Gasteiger partial charge is 0.339 e. The summed E-state index contributed by atoms with van der Waals surface area (Å²) in [5.41, 5.74) is 4.28. The maximum atomic E-state index is 14.2. The van der Waals surface area contributed by atoms with Crippen molar-refractivity contribution in [2.75, 3.05) is 11.4 Å². The summed E-state index contributed by atoms with van der Waals surface area (Å²) >= 11 is 0. The number of aryl methyl sites for hydroxylation is 3. The Labute approximate surface area is 156 Å². The minimum atomic E-state index is -0.406. The van der Waals surface area contributed by atoms with E-state index < -0.39 is 5.82 Å². The Morgan fingerprint density at radius 3 is 2.67 bits per heavy atom. The molecule has 1 aliphatic rings. The van der Waals surface area contributed by atoms with Gasteiger partial charge in [0.25, 0.3) is 0 Å². The molecule has 0 bridgehead atoms. The average molecular weight is 365 g/mol. The number of nitrogens with zero attached hydrogens (tertiary/aromatic N) is 3. The summed E-state index contributed by atoms with van der Waals surface area (Å²) in [4.78, 5) is 18.5. The highest BCUT2D eigenvalue weighted by Gasteiger charge is 2.36. The number of anilines is 1. The van der Waals surface area contributed by atoms with Crippen molar-refractivity contribution in [1.82, 2.24) is 10.1 Å². The van der Waals surface area contributed by atoms with Crippen LogP contribution in [0.15, 0.2) is 40.9 Å². The van der Waals surface area contributed by atoms with Crippen LogP contribution in [0.4, 0.5) is 10.1 Å². The Morgan fingerprint density at radius 1 is 1.11 bits per heavy atom. The Balaban J connectivity index is 1.61. The predicted octanol–water partition coefficient (Wildman–Crippen LogP) is 4.32. The van der Waals surface area contributed by atoms with Crippen LogP contribution in [-0.4, -0.2) is 22.6 Å². The van der Waals surface area contributed by atoms with Gasteiger partial charge in [0.15, 0.2) is 0 Å². The van der Waals surface area contributed by atoms with Gasteiger partial charge in [0.1, 0.15) is 5.82 Å². The molecule has 138 valence electrons. The second-order valence-electron chi connectivity index (χ2n) is 7.13. The van der Waals surface area contributed by atoms with Gasteiger partial charge in [-0.05, 0) is 50.1 Å². The standard InChI is InChI=1S/C21H20FN3O2/c1-12-4-6-14(3)16(8-12)20-23-21(27-24-20)15-10-19(26)25(11-15)18-9-13(2)5-7-17(18)22/h4-9,15H,10-11H2,1-3H3. The fraction of sp³-hybridized carbons (Fsp3) is 0.286. The number of amides is 1. The van der Waals surface area contributed by atoms with E-state index in [2.05, 4.69) is 10.1 Å². The lowest BCUT2D eigenvalue weighted by molar-refractivity contribution is -0.117. The van der Waals surface area contributed by atoms with Gasteiger partial charge in [-0.1, -0.05) is 28.9 Å². The maximum Gasteiger partial charge on any atom is 0.232 e. The van der Waals surface area contributed by atoms with Crippen molar-refractivity contribution < 1.29 is 13.7 Å². The topological polar surface area (TPSA) is 59.2 Å². The van der Waals surface area contributed by atoms with Crippen LogP contribution >= 0.6 is 0 Å². The number of hydrogen-bond donors (Lipinski definition) is 0. The summed E-state index contributed by atoms with van der Waals surface area (Å²) in [5.74, 6) is 0.129. The predicted molar refractivity (Wildman–Crippen MR) is 100 cm³/mol. The van der Waals surface area contributed by atoms with E-state index in [1.165, 1.54) is 11.0 Å². The van der Waals surface area contributed by atoms with E-state index >= 15 is 0 Å². The van der Waals surface area contributed by atoms with Gasteiger partial charge in [-0.3, -0.25) is 4.79 Å². The number of carbonyl (C=O) groups excluding carboxylic acids is 1. The minimum absolute atomic E-state index is 0.143. The molecule has 3 aromatic rings. The Morgan fingerprint density at radius 2 is 1.85 bits per heavy atom. The van der Waals surface area contributed by atoms with E-state index in [-0.39, 0.29) is 18.2 Å².